The highest BCUT2D eigenvalue weighted by Crippen LogP contribution is 2.20. The van der Waals surface area contributed by atoms with Gasteiger partial charge in [0.05, 0.1) is 0 Å². The highest BCUT2D eigenvalue weighted by atomic mass is 35.5. The summed E-state index contributed by atoms with van der Waals surface area (Å²) >= 11 is 5.90. The third kappa shape index (κ3) is 5.44. The number of nitrogens with zero attached hydrogens (tertiary/aromatic N) is 4. The number of urea groups is 1. The maximum atomic E-state index is 12.6. The quantitative estimate of drug-likeness (QED) is 0.611. The van der Waals surface area contributed by atoms with Crippen LogP contribution in [0.25, 0.3) is 0 Å². The van der Waals surface area contributed by atoms with E-state index < -0.39 is 0 Å². The summed E-state index contributed by atoms with van der Waals surface area (Å²) < 4.78 is 0. The monoisotopic (exact) mass is 436 g/mol. The molecule has 1 aliphatic rings. The van der Waals surface area contributed by atoms with Crippen LogP contribution in [0.5, 0.6) is 0 Å². The van der Waals surface area contributed by atoms with Gasteiger partial charge in [0.2, 0.25) is 5.95 Å². The first kappa shape index (κ1) is 20.9. The van der Waals surface area contributed by atoms with Gasteiger partial charge in [0, 0.05) is 54.3 Å². The summed E-state index contributed by atoms with van der Waals surface area (Å²) in [5.41, 5.74) is 3.81. The normalized spacial score (nSPS) is 13.8. The Kier molecular flexibility index (Phi) is 6.23. The predicted octanol–water partition coefficient (Wildman–Crippen LogP) is 4.84. The van der Waals surface area contributed by atoms with Crippen molar-refractivity contribution in [2.24, 2.45) is 0 Å². The van der Waals surface area contributed by atoms with Gasteiger partial charge in [0.1, 0.15) is 5.82 Å². The van der Waals surface area contributed by atoms with E-state index in [1.807, 2.05) is 25.1 Å². The zero-order valence-corrected chi connectivity index (χ0v) is 18.4. The maximum absolute atomic E-state index is 12.6. The second-order valence-electron chi connectivity index (χ2n) is 7.60. The van der Waals surface area contributed by atoms with E-state index in [0.29, 0.717) is 37.1 Å². The Labute approximate surface area is 187 Å². The number of hydrogen-bond donors (Lipinski definition) is 2. The van der Waals surface area contributed by atoms with Crippen LogP contribution >= 0.6 is 11.6 Å². The van der Waals surface area contributed by atoms with Crippen molar-refractivity contribution in [1.29, 1.82) is 0 Å². The maximum Gasteiger partial charge on any atom is 0.321 e. The van der Waals surface area contributed by atoms with Crippen molar-refractivity contribution in [3.05, 3.63) is 70.9 Å². The number of carbonyl (C=O) groups excluding carboxylic acids is 1. The molecule has 0 bridgehead atoms. The van der Waals surface area contributed by atoms with Gasteiger partial charge in [0.15, 0.2) is 0 Å². The number of halogens is 1. The van der Waals surface area contributed by atoms with Crippen LogP contribution in [0.3, 0.4) is 0 Å². The number of benzene rings is 2. The summed E-state index contributed by atoms with van der Waals surface area (Å²) in [6.07, 6.45) is 0. The summed E-state index contributed by atoms with van der Waals surface area (Å²) in [5, 5.41) is 6.90. The largest absolute Gasteiger partial charge is 0.340 e. The van der Waals surface area contributed by atoms with Crippen LogP contribution in [-0.2, 0) is 0 Å². The Balaban J connectivity index is 1.37. The molecule has 7 nitrogen and oxygen atoms in total. The lowest BCUT2D eigenvalue weighted by atomic mass is 10.2. The molecule has 0 atom stereocenters. The minimum Gasteiger partial charge on any atom is -0.340 e. The van der Waals surface area contributed by atoms with Crippen molar-refractivity contribution in [2.45, 2.75) is 13.8 Å². The lowest BCUT2D eigenvalue weighted by Crippen LogP contribution is -2.50. The summed E-state index contributed by atoms with van der Waals surface area (Å²) in [4.78, 5) is 25.8. The second-order valence-corrected chi connectivity index (χ2v) is 8.03. The van der Waals surface area contributed by atoms with Crippen molar-refractivity contribution in [2.75, 3.05) is 41.7 Å². The fourth-order valence-electron chi connectivity index (χ4n) is 3.39. The fourth-order valence-corrected chi connectivity index (χ4v) is 3.51. The van der Waals surface area contributed by atoms with Gasteiger partial charge < -0.3 is 20.4 Å². The first-order chi connectivity index (χ1) is 15.0. The number of nitrogens with one attached hydrogen (secondary N) is 2. The van der Waals surface area contributed by atoms with Crippen LogP contribution in [0.2, 0.25) is 5.02 Å². The number of aromatic nitrogens is 2. The van der Waals surface area contributed by atoms with Crippen LogP contribution in [0.4, 0.5) is 27.9 Å². The number of aryl methyl sites for hydroxylation is 2. The van der Waals surface area contributed by atoms with E-state index in [9.17, 15) is 4.79 Å². The number of hydrogen-bond acceptors (Lipinski definition) is 5. The molecule has 160 valence electrons. The average molecular weight is 437 g/mol. The molecule has 0 saturated carbocycles. The smallest absolute Gasteiger partial charge is 0.321 e. The van der Waals surface area contributed by atoms with E-state index in [4.69, 9.17) is 16.6 Å². The molecule has 1 fully saturated rings. The van der Waals surface area contributed by atoms with E-state index in [1.54, 1.807) is 29.2 Å². The molecule has 0 aliphatic carbocycles. The number of amides is 2. The molecule has 2 amide bonds. The average Bonchev–Trinajstić information content (AvgIpc) is 2.77. The molecule has 1 aromatic heterocycles. The molecule has 1 saturated heterocycles. The summed E-state index contributed by atoms with van der Waals surface area (Å²) in [5.74, 6) is 1.43. The lowest BCUT2D eigenvalue weighted by molar-refractivity contribution is 0.208. The fraction of sp³-hybridized carbons (Fsp3) is 0.261. The first-order valence-corrected chi connectivity index (χ1v) is 10.6. The molecule has 4 rings (SSSR count). The summed E-state index contributed by atoms with van der Waals surface area (Å²) in [7, 11) is 0. The minimum absolute atomic E-state index is 0.117. The molecule has 31 heavy (non-hydrogen) atoms. The number of carbonyl (C=O) groups is 1. The molecule has 1 aliphatic heterocycles. The molecule has 2 N–H and O–H groups in total. The Bertz CT molecular complexity index is 1050. The second kappa shape index (κ2) is 9.22. The molecule has 3 aromatic rings. The Morgan fingerprint density at radius 2 is 1.55 bits per heavy atom. The zero-order valence-electron chi connectivity index (χ0n) is 17.6. The van der Waals surface area contributed by atoms with E-state index >= 15 is 0 Å². The van der Waals surface area contributed by atoms with Gasteiger partial charge in [-0.3, -0.25) is 0 Å². The van der Waals surface area contributed by atoms with Crippen LogP contribution in [0.15, 0.2) is 54.6 Å². The third-order valence-corrected chi connectivity index (χ3v) is 5.36. The molecule has 0 unspecified atom stereocenters. The summed E-state index contributed by atoms with van der Waals surface area (Å²) in [6.45, 7) is 6.55. The van der Waals surface area contributed by atoms with E-state index in [2.05, 4.69) is 39.6 Å². The van der Waals surface area contributed by atoms with Gasteiger partial charge in [-0.15, -0.1) is 0 Å². The van der Waals surface area contributed by atoms with Gasteiger partial charge in [-0.1, -0.05) is 29.3 Å². The molecule has 2 heterocycles. The van der Waals surface area contributed by atoms with Crippen molar-refractivity contribution >= 4 is 40.8 Å². The zero-order chi connectivity index (χ0) is 21.8. The minimum atomic E-state index is -0.117. The number of rotatable bonds is 4. The molecular weight excluding hydrogens is 412 g/mol. The lowest BCUT2D eigenvalue weighted by Gasteiger charge is -2.34. The first-order valence-electron chi connectivity index (χ1n) is 10.2. The van der Waals surface area contributed by atoms with Gasteiger partial charge in [-0.25, -0.2) is 9.78 Å². The Hall–Kier alpha value is -3.32. The van der Waals surface area contributed by atoms with Crippen LogP contribution in [-0.4, -0.2) is 47.1 Å². The van der Waals surface area contributed by atoms with Crippen LogP contribution in [0.1, 0.15) is 11.3 Å². The third-order valence-electron chi connectivity index (χ3n) is 5.11. The van der Waals surface area contributed by atoms with Crippen molar-refractivity contribution in [1.82, 2.24) is 14.9 Å². The molecular formula is C23H25ClN6O. The highest BCUT2D eigenvalue weighted by Gasteiger charge is 2.23. The van der Waals surface area contributed by atoms with Gasteiger partial charge in [-0.05, 0) is 50.2 Å². The predicted molar refractivity (Wildman–Crippen MR) is 125 cm³/mol. The Morgan fingerprint density at radius 3 is 2.23 bits per heavy atom. The standard InChI is InChI=1S/C23H25ClN6O/c1-16-3-7-19(8-4-16)26-21-15-17(2)25-22(28-21)29-11-13-30(14-12-29)23(31)27-20-9-5-18(24)6-10-20/h3-10,15H,11-14H2,1-2H3,(H,27,31)(H,25,26,28). The van der Waals surface area contributed by atoms with E-state index in [0.717, 1.165) is 22.9 Å². The molecule has 0 spiro atoms. The van der Waals surface area contributed by atoms with Crippen LogP contribution < -0.4 is 15.5 Å². The molecule has 0 radical (unpaired) electrons. The SMILES string of the molecule is Cc1ccc(Nc2cc(C)nc(N3CCN(C(=O)Nc4ccc(Cl)cc4)CC3)n2)cc1. The van der Waals surface area contributed by atoms with Gasteiger partial charge in [-0.2, -0.15) is 4.98 Å². The van der Waals surface area contributed by atoms with Crippen molar-refractivity contribution in [3.8, 4) is 0 Å². The number of anilines is 4. The number of piperazine rings is 1. The van der Waals surface area contributed by atoms with E-state index in [1.165, 1.54) is 5.56 Å². The van der Waals surface area contributed by atoms with Crippen molar-refractivity contribution < 1.29 is 4.79 Å². The topological polar surface area (TPSA) is 73.4 Å². The van der Waals surface area contributed by atoms with Gasteiger partial charge in [0.25, 0.3) is 0 Å². The van der Waals surface area contributed by atoms with E-state index in [-0.39, 0.29) is 6.03 Å². The van der Waals surface area contributed by atoms with Crippen molar-refractivity contribution in [3.63, 3.8) is 0 Å². The van der Waals surface area contributed by atoms with Crippen LogP contribution in [0, 0.1) is 13.8 Å². The summed E-state index contributed by atoms with van der Waals surface area (Å²) in [6, 6.07) is 17.1. The molecule has 2 aromatic carbocycles. The Morgan fingerprint density at radius 1 is 0.903 bits per heavy atom. The molecule has 8 heteroatoms. The highest BCUT2D eigenvalue weighted by molar-refractivity contribution is 6.30. The van der Waals surface area contributed by atoms with Gasteiger partial charge >= 0.3 is 6.03 Å².